The number of fused-ring (bicyclic) bond motifs is 1. The van der Waals surface area contributed by atoms with Gasteiger partial charge in [-0.15, -0.1) is 0 Å². The van der Waals surface area contributed by atoms with Crippen LogP contribution in [0.15, 0.2) is 52.3 Å². The van der Waals surface area contributed by atoms with Crippen LogP contribution in [0.2, 0.25) is 0 Å². The van der Waals surface area contributed by atoms with Crippen molar-refractivity contribution in [2.45, 2.75) is 61.2 Å². The van der Waals surface area contributed by atoms with E-state index in [4.69, 9.17) is 5.73 Å². The van der Waals surface area contributed by atoms with Crippen molar-refractivity contribution in [3.63, 3.8) is 0 Å². The fourth-order valence-electron chi connectivity index (χ4n) is 3.33. The first-order chi connectivity index (χ1) is 10.3. The third-order valence-electron chi connectivity index (χ3n) is 4.97. The zero-order valence-electron chi connectivity index (χ0n) is 13.9. The lowest BCUT2D eigenvalue weighted by Crippen LogP contribution is -2.33. The molecular formula is C20H25NS. The third kappa shape index (κ3) is 2.77. The third-order valence-corrected chi connectivity index (χ3v) is 6.05. The molecule has 2 aromatic rings. The van der Waals surface area contributed by atoms with E-state index in [0.717, 1.165) is 10.6 Å². The monoisotopic (exact) mass is 311 g/mol. The van der Waals surface area contributed by atoms with Gasteiger partial charge in [0.2, 0.25) is 0 Å². The van der Waals surface area contributed by atoms with Crippen molar-refractivity contribution < 1.29 is 0 Å². The van der Waals surface area contributed by atoms with Gasteiger partial charge in [0.1, 0.15) is 0 Å². The topological polar surface area (TPSA) is 26.0 Å². The zero-order chi connectivity index (χ0) is 16.0. The molecule has 2 aromatic carbocycles. The van der Waals surface area contributed by atoms with Gasteiger partial charge >= 0.3 is 0 Å². The number of rotatable bonds is 2. The van der Waals surface area contributed by atoms with Crippen LogP contribution in [0.1, 0.15) is 51.7 Å². The molecule has 22 heavy (non-hydrogen) atoms. The van der Waals surface area contributed by atoms with Crippen LogP contribution >= 0.6 is 11.8 Å². The molecule has 1 aliphatic carbocycles. The lowest BCUT2D eigenvalue weighted by molar-refractivity contribution is 0.331. The Bertz CT molecular complexity index is 701. The Kier molecular flexibility index (Phi) is 3.76. The fourth-order valence-corrected chi connectivity index (χ4v) is 4.23. The van der Waals surface area contributed by atoms with Gasteiger partial charge in [0.25, 0.3) is 0 Å². The molecule has 0 saturated heterocycles. The second-order valence-corrected chi connectivity index (χ2v) is 8.73. The minimum atomic E-state index is 0.254. The summed E-state index contributed by atoms with van der Waals surface area (Å²) in [5.41, 5.74) is 10.5. The van der Waals surface area contributed by atoms with E-state index in [9.17, 15) is 0 Å². The average Bonchev–Trinajstić information content (AvgIpc) is 2.47. The molecule has 0 bridgehead atoms. The number of hydrogen-bond donors (Lipinski definition) is 1. The van der Waals surface area contributed by atoms with Crippen molar-refractivity contribution >= 4 is 17.4 Å². The summed E-state index contributed by atoms with van der Waals surface area (Å²) in [4.78, 5) is 2.41. The molecule has 0 heterocycles. The molecule has 0 spiro atoms. The van der Waals surface area contributed by atoms with Crippen LogP contribution in [0.3, 0.4) is 0 Å². The van der Waals surface area contributed by atoms with Gasteiger partial charge in [-0.1, -0.05) is 57.7 Å². The normalized spacial score (nSPS) is 18.7. The number of anilines is 1. The summed E-state index contributed by atoms with van der Waals surface area (Å²) in [6.07, 6.45) is 2.50. The highest BCUT2D eigenvalue weighted by Gasteiger charge is 2.36. The average molecular weight is 311 g/mol. The number of benzene rings is 2. The van der Waals surface area contributed by atoms with Crippen LogP contribution in [0, 0.1) is 0 Å². The Balaban J connectivity index is 2.01. The van der Waals surface area contributed by atoms with E-state index in [2.05, 4.69) is 52.0 Å². The lowest BCUT2D eigenvalue weighted by atomic mass is 9.63. The Labute approximate surface area is 138 Å². The Morgan fingerprint density at radius 2 is 1.50 bits per heavy atom. The SMILES string of the molecule is CC1(C)CCC(C)(C)c2cc(Sc3ccccc3N)ccc21. The van der Waals surface area contributed by atoms with Crippen LogP contribution in [0.5, 0.6) is 0 Å². The van der Waals surface area contributed by atoms with Gasteiger partial charge in [0.05, 0.1) is 0 Å². The Morgan fingerprint density at radius 3 is 2.18 bits per heavy atom. The minimum Gasteiger partial charge on any atom is -0.398 e. The Morgan fingerprint density at radius 1 is 0.864 bits per heavy atom. The first-order valence-corrected chi connectivity index (χ1v) is 8.79. The molecular weight excluding hydrogens is 286 g/mol. The van der Waals surface area contributed by atoms with Crippen molar-refractivity contribution in [2.75, 3.05) is 5.73 Å². The van der Waals surface area contributed by atoms with Crippen molar-refractivity contribution in [1.29, 1.82) is 0 Å². The highest BCUT2D eigenvalue weighted by molar-refractivity contribution is 7.99. The van der Waals surface area contributed by atoms with Crippen molar-refractivity contribution in [3.8, 4) is 0 Å². The summed E-state index contributed by atoms with van der Waals surface area (Å²) in [7, 11) is 0. The minimum absolute atomic E-state index is 0.254. The van der Waals surface area contributed by atoms with E-state index >= 15 is 0 Å². The van der Waals surface area contributed by atoms with E-state index in [0.29, 0.717) is 0 Å². The molecule has 0 fully saturated rings. The van der Waals surface area contributed by atoms with Gasteiger partial charge in [-0.2, -0.15) is 0 Å². The molecule has 0 saturated carbocycles. The van der Waals surface area contributed by atoms with Crippen molar-refractivity contribution in [1.82, 2.24) is 0 Å². The fraction of sp³-hybridized carbons (Fsp3) is 0.400. The Hall–Kier alpha value is -1.41. The molecule has 116 valence electrons. The standard InChI is InChI=1S/C20H25NS/c1-19(2)11-12-20(3,4)16-13-14(9-10-15(16)19)22-18-8-6-5-7-17(18)21/h5-10,13H,11-12,21H2,1-4H3. The van der Waals surface area contributed by atoms with Crippen LogP contribution in [-0.4, -0.2) is 0 Å². The lowest BCUT2D eigenvalue weighted by Gasteiger charge is -2.42. The summed E-state index contributed by atoms with van der Waals surface area (Å²) >= 11 is 1.76. The summed E-state index contributed by atoms with van der Waals surface area (Å²) in [6.45, 7) is 9.46. The number of para-hydroxylation sites is 1. The maximum atomic E-state index is 6.08. The molecule has 0 radical (unpaired) electrons. The van der Waals surface area contributed by atoms with Crippen molar-refractivity contribution in [2.24, 2.45) is 0 Å². The van der Waals surface area contributed by atoms with Gasteiger partial charge in [0, 0.05) is 15.5 Å². The first-order valence-electron chi connectivity index (χ1n) is 7.97. The maximum absolute atomic E-state index is 6.08. The number of nitrogens with two attached hydrogens (primary N) is 1. The van der Waals surface area contributed by atoms with Gasteiger partial charge in [0.15, 0.2) is 0 Å². The number of nitrogen functional groups attached to an aromatic ring is 1. The van der Waals surface area contributed by atoms with Gasteiger partial charge < -0.3 is 5.73 Å². The quantitative estimate of drug-likeness (QED) is 0.713. The van der Waals surface area contributed by atoms with Crippen LogP contribution in [0.4, 0.5) is 5.69 Å². The maximum Gasteiger partial charge on any atom is 0.0455 e. The molecule has 0 aliphatic heterocycles. The molecule has 1 nitrogen and oxygen atoms in total. The second-order valence-electron chi connectivity index (χ2n) is 7.62. The van der Waals surface area contributed by atoms with Crippen LogP contribution in [-0.2, 0) is 10.8 Å². The van der Waals surface area contributed by atoms with E-state index < -0.39 is 0 Å². The van der Waals surface area contributed by atoms with Crippen LogP contribution < -0.4 is 5.73 Å². The first kappa shape index (κ1) is 15.5. The van der Waals surface area contributed by atoms with Crippen LogP contribution in [0.25, 0.3) is 0 Å². The smallest absolute Gasteiger partial charge is 0.0455 e. The summed E-state index contributed by atoms with van der Waals surface area (Å²) in [5, 5.41) is 0. The molecule has 0 amide bonds. The predicted molar refractivity (Wildman–Crippen MR) is 96.7 cm³/mol. The predicted octanol–water partition coefficient (Wildman–Crippen LogP) is 5.77. The molecule has 0 unspecified atom stereocenters. The molecule has 0 atom stereocenters. The molecule has 1 aliphatic rings. The van der Waals surface area contributed by atoms with E-state index in [1.807, 2.05) is 18.2 Å². The van der Waals surface area contributed by atoms with Crippen molar-refractivity contribution in [3.05, 3.63) is 53.6 Å². The highest BCUT2D eigenvalue weighted by Crippen LogP contribution is 2.47. The highest BCUT2D eigenvalue weighted by atomic mass is 32.2. The van der Waals surface area contributed by atoms with E-state index in [-0.39, 0.29) is 10.8 Å². The largest absolute Gasteiger partial charge is 0.398 e. The molecule has 2 heteroatoms. The summed E-state index contributed by atoms with van der Waals surface area (Å²) in [5.74, 6) is 0. The van der Waals surface area contributed by atoms with E-state index in [1.54, 1.807) is 11.8 Å². The number of hydrogen-bond acceptors (Lipinski definition) is 2. The van der Waals surface area contributed by atoms with Gasteiger partial charge in [-0.25, -0.2) is 0 Å². The van der Waals surface area contributed by atoms with E-state index in [1.165, 1.54) is 28.9 Å². The zero-order valence-corrected chi connectivity index (χ0v) is 14.8. The van der Waals surface area contributed by atoms with Gasteiger partial charge in [-0.05, 0) is 59.1 Å². The second kappa shape index (κ2) is 5.34. The summed E-state index contributed by atoms with van der Waals surface area (Å²) in [6, 6.07) is 15.1. The van der Waals surface area contributed by atoms with Gasteiger partial charge in [-0.3, -0.25) is 0 Å². The molecule has 2 N–H and O–H groups in total. The summed E-state index contributed by atoms with van der Waals surface area (Å²) < 4.78 is 0. The molecule has 0 aromatic heterocycles. The molecule has 3 rings (SSSR count).